The molecule has 1 N–H and O–H groups in total. The lowest BCUT2D eigenvalue weighted by atomic mass is 9.98. The number of carbonyl (C=O) groups is 1. The molecule has 21 heavy (non-hydrogen) atoms. The van der Waals surface area contributed by atoms with Crippen LogP contribution in [0.25, 0.3) is 0 Å². The quantitative estimate of drug-likeness (QED) is 0.948. The third-order valence-electron chi connectivity index (χ3n) is 3.40. The predicted molar refractivity (Wildman–Crippen MR) is 82.6 cm³/mol. The van der Waals surface area contributed by atoms with Gasteiger partial charge in [-0.15, -0.1) is 11.3 Å². The van der Waals surface area contributed by atoms with Gasteiger partial charge in [0.25, 0.3) is 5.91 Å². The zero-order valence-corrected chi connectivity index (χ0v) is 12.6. The predicted octanol–water partition coefficient (Wildman–Crippen LogP) is 2.97. The van der Waals surface area contributed by atoms with Gasteiger partial charge in [-0.1, -0.05) is 11.2 Å². The van der Waals surface area contributed by atoms with E-state index in [1.807, 2.05) is 30.5 Å². The van der Waals surface area contributed by atoms with Gasteiger partial charge in [-0.05, 0) is 37.4 Å². The summed E-state index contributed by atoms with van der Waals surface area (Å²) in [5.41, 5.74) is 1.29. The second kappa shape index (κ2) is 5.29. The van der Waals surface area contributed by atoms with Crippen LogP contribution in [0.2, 0.25) is 0 Å². The number of aryl methyl sites for hydroxylation is 1. The molecule has 0 saturated carbocycles. The summed E-state index contributed by atoms with van der Waals surface area (Å²) >= 11 is 1.59. The molecule has 0 aliphatic carbocycles. The summed E-state index contributed by atoms with van der Waals surface area (Å²) in [5, 5.41) is 8.91. The smallest absolute Gasteiger partial charge is 0.271 e. The maximum Gasteiger partial charge on any atom is 0.271 e. The zero-order chi connectivity index (χ0) is 14.9. The molecule has 2 aromatic rings. The highest BCUT2D eigenvalue weighted by Gasteiger charge is 2.42. The number of anilines is 1. The minimum atomic E-state index is -0.985. The van der Waals surface area contributed by atoms with Crippen molar-refractivity contribution < 1.29 is 9.63 Å². The van der Waals surface area contributed by atoms with Crippen molar-refractivity contribution in [1.29, 1.82) is 0 Å². The normalized spacial score (nSPS) is 20.8. The van der Waals surface area contributed by atoms with Gasteiger partial charge in [-0.25, -0.2) is 0 Å². The summed E-state index contributed by atoms with van der Waals surface area (Å²) in [6.45, 7) is 3.60. The summed E-state index contributed by atoms with van der Waals surface area (Å²) in [4.78, 5) is 23.1. The fourth-order valence-electron chi connectivity index (χ4n) is 2.11. The van der Waals surface area contributed by atoms with Gasteiger partial charge in [0.2, 0.25) is 5.60 Å². The molecule has 0 fully saturated rings. The number of amides is 1. The molecule has 3 heterocycles. The van der Waals surface area contributed by atoms with Crippen molar-refractivity contribution in [2.24, 2.45) is 5.16 Å². The second-order valence-corrected chi connectivity index (χ2v) is 6.05. The topological polar surface area (TPSA) is 63.6 Å². The molecule has 1 aliphatic rings. The lowest BCUT2D eigenvalue weighted by Crippen LogP contribution is -2.40. The van der Waals surface area contributed by atoms with Gasteiger partial charge in [0.05, 0.1) is 16.3 Å². The van der Waals surface area contributed by atoms with Crippen LogP contribution in [0.4, 0.5) is 5.69 Å². The number of rotatable bonds is 3. The molecule has 5 nitrogen and oxygen atoms in total. The van der Waals surface area contributed by atoms with Crippen molar-refractivity contribution in [3.05, 3.63) is 46.4 Å². The Morgan fingerprint density at radius 1 is 1.43 bits per heavy atom. The van der Waals surface area contributed by atoms with Crippen molar-refractivity contribution in [2.45, 2.75) is 25.9 Å². The molecule has 108 valence electrons. The number of aromatic nitrogens is 1. The van der Waals surface area contributed by atoms with Gasteiger partial charge >= 0.3 is 0 Å². The first-order chi connectivity index (χ1) is 10.1. The third kappa shape index (κ3) is 2.67. The molecule has 0 radical (unpaired) electrons. The first-order valence-electron chi connectivity index (χ1n) is 6.60. The third-order valence-corrected chi connectivity index (χ3v) is 4.32. The monoisotopic (exact) mass is 301 g/mol. The fraction of sp³-hybridized carbons (Fsp3) is 0.267. The summed E-state index contributed by atoms with van der Waals surface area (Å²) < 4.78 is 0. The fourth-order valence-corrected chi connectivity index (χ4v) is 2.81. The zero-order valence-electron chi connectivity index (χ0n) is 11.8. The van der Waals surface area contributed by atoms with Crippen molar-refractivity contribution in [3.63, 3.8) is 0 Å². The Morgan fingerprint density at radius 2 is 2.29 bits per heavy atom. The summed E-state index contributed by atoms with van der Waals surface area (Å²) in [6.07, 6.45) is 2.15. The van der Waals surface area contributed by atoms with Crippen LogP contribution >= 0.6 is 11.3 Å². The number of hydrogen-bond acceptors (Lipinski definition) is 5. The number of nitrogens with zero attached hydrogens (tertiary/aromatic N) is 2. The highest BCUT2D eigenvalue weighted by Crippen LogP contribution is 2.29. The minimum absolute atomic E-state index is 0.214. The number of thiophene rings is 1. The Kier molecular flexibility index (Phi) is 3.47. The van der Waals surface area contributed by atoms with Gasteiger partial charge < -0.3 is 10.2 Å². The first kappa shape index (κ1) is 13.8. The molecule has 0 aromatic carbocycles. The van der Waals surface area contributed by atoms with Gasteiger partial charge in [0.1, 0.15) is 5.71 Å². The van der Waals surface area contributed by atoms with Crippen molar-refractivity contribution in [2.75, 3.05) is 5.32 Å². The number of oxime groups is 1. The maximum absolute atomic E-state index is 12.5. The average molecular weight is 301 g/mol. The molecule has 6 heteroatoms. The van der Waals surface area contributed by atoms with E-state index in [0.29, 0.717) is 12.1 Å². The van der Waals surface area contributed by atoms with E-state index in [4.69, 9.17) is 4.84 Å². The number of carbonyl (C=O) groups excluding carboxylic acids is 1. The Morgan fingerprint density at radius 3 is 3.00 bits per heavy atom. The second-order valence-electron chi connectivity index (χ2n) is 5.10. The van der Waals surface area contributed by atoms with Crippen molar-refractivity contribution in [3.8, 4) is 0 Å². The van der Waals surface area contributed by atoms with E-state index in [1.54, 1.807) is 30.5 Å². The van der Waals surface area contributed by atoms with Gasteiger partial charge in [0, 0.05) is 12.6 Å². The Balaban J connectivity index is 1.73. The van der Waals surface area contributed by atoms with E-state index < -0.39 is 5.60 Å². The number of pyridine rings is 1. The lowest BCUT2D eigenvalue weighted by Gasteiger charge is -2.20. The van der Waals surface area contributed by atoms with Gasteiger partial charge in [-0.2, -0.15) is 0 Å². The van der Waals surface area contributed by atoms with Crippen LogP contribution in [0.1, 0.15) is 23.9 Å². The Labute approximate surface area is 126 Å². The summed E-state index contributed by atoms with van der Waals surface area (Å²) in [5.74, 6) is -0.214. The van der Waals surface area contributed by atoms with Gasteiger partial charge in [-0.3, -0.25) is 9.78 Å². The number of hydrogen-bond donors (Lipinski definition) is 1. The van der Waals surface area contributed by atoms with Crippen LogP contribution in [-0.4, -0.2) is 22.2 Å². The maximum atomic E-state index is 12.5. The van der Waals surface area contributed by atoms with Crippen LogP contribution in [0, 0.1) is 6.92 Å². The first-order valence-corrected chi connectivity index (χ1v) is 7.48. The Bertz CT molecular complexity index is 697. The van der Waals surface area contributed by atoms with Crippen LogP contribution in [0.5, 0.6) is 0 Å². The van der Waals surface area contributed by atoms with Crippen LogP contribution < -0.4 is 5.32 Å². The molecule has 0 saturated heterocycles. The largest absolute Gasteiger partial charge is 0.379 e. The van der Waals surface area contributed by atoms with E-state index in [-0.39, 0.29) is 5.91 Å². The summed E-state index contributed by atoms with van der Waals surface area (Å²) in [7, 11) is 0. The molecule has 2 aromatic heterocycles. The lowest BCUT2D eigenvalue weighted by molar-refractivity contribution is -0.135. The average Bonchev–Trinajstić information content (AvgIpc) is 3.11. The standard InChI is InChI=1S/C15H15N3O2S/c1-10-11(5-3-7-16-10)17-14(19)15(2)9-12(18-20-15)13-6-4-8-21-13/h3-8H,9H2,1-2H3,(H,17,19)/t15-/m1/s1. The number of nitrogens with one attached hydrogen (secondary N) is 1. The van der Waals surface area contributed by atoms with E-state index in [2.05, 4.69) is 15.5 Å². The van der Waals surface area contributed by atoms with Crippen LogP contribution in [-0.2, 0) is 9.63 Å². The molecule has 0 bridgehead atoms. The molecule has 1 amide bonds. The van der Waals surface area contributed by atoms with E-state index in [9.17, 15) is 4.79 Å². The highest BCUT2D eigenvalue weighted by molar-refractivity contribution is 7.12. The SMILES string of the molecule is Cc1ncccc1NC(=O)[C@@]1(C)CC(c2cccs2)=NO1. The molecule has 1 aliphatic heterocycles. The van der Waals surface area contributed by atoms with E-state index in [1.165, 1.54) is 0 Å². The molecular formula is C15H15N3O2S. The highest BCUT2D eigenvalue weighted by atomic mass is 32.1. The molecule has 0 spiro atoms. The Hall–Kier alpha value is -2.21. The van der Waals surface area contributed by atoms with Crippen LogP contribution in [0.15, 0.2) is 41.0 Å². The van der Waals surface area contributed by atoms with Crippen LogP contribution in [0.3, 0.4) is 0 Å². The minimum Gasteiger partial charge on any atom is -0.379 e. The molecule has 0 unspecified atom stereocenters. The molecule has 1 atom stereocenters. The molecule has 3 rings (SSSR count). The van der Waals surface area contributed by atoms with Crippen molar-refractivity contribution in [1.82, 2.24) is 4.98 Å². The van der Waals surface area contributed by atoms with Crippen molar-refractivity contribution >= 4 is 28.6 Å². The molecular weight excluding hydrogens is 286 g/mol. The summed E-state index contributed by atoms with van der Waals surface area (Å²) in [6, 6.07) is 7.53. The van der Waals surface area contributed by atoms with Gasteiger partial charge in [0.15, 0.2) is 0 Å². The van der Waals surface area contributed by atoms with E-state index in [0.717, 1.165) is 16.3 Å². The van der Waals surface area contributed by atoms with E-state index >= 15 is 0 Å².